The monoisotopic (exact) mass is 285 g/mol. The van der Waals surface area contributed by atoms with Gasteiger partial charge in [-0.05, 0) is 49.2 Å². The average Bonchev–Trinajstić information content (AvgIpc) is 2.41. The Hall–Kier alpha value is -2.25. The smallest absolute Gasteiger partial charge is 0.262 e. The van der Waals surface area contributed by atoms with E-state index in [4.69, 9.17) is 6.42 Å². The van der Waals surface area contributed by atoms with Gasteiger partial charge in [-0.15, -0.1) is 6.42 Å². The van der Waals surface area contributed by atoms with E-state index in [0.717, 1.165) is 5.56 Å². The highest BCUT2D eigenvalue weighted by Gasteiger charge is 2.17. The van der Waals surface area contributed by atoms with E-state index in [1.807, 2.05) is 13.0 Å². The van der Waals surface area contributed by atoms with Gasteiger partial charge in [-0.25, -0.2) is 8.42 Å². The van der Waals surface area contributed by atoms with Gasteiger partial charge in [0.2, 0.25) is 0 Å². The van der Waals surface area contributed by atoms with Crippen molar-refractivity contribution < 1.29 is 8.42 Å². The lowest BCUT2D eigenvalue weighted by atomic mass is 10.2. The molecule has 0 amide bonds. The van der Waals surface area contributed by atoms with Crippen molar-refractivity contribution >= 4 is 15.7 Å². The molecule has 0 unspecified atom stereocenters. The zero-order valence-corrected chi connectivity index (χ0v) is 12.2. The van der Waals surface area contributed by atoms with Crippen LogP contribution in [0.25, 0.3) is 0 Å². The number of anilines is 1. The van der Waals surface area contributed by atoms with Gasteiger partial charge < -0.3 is 0 Å². The van der Waals surface area contributed by atoms with Crippen LogP contribution in [0, 0.1) is 26.2 Å². The maximum absolute atomic E-state index is 12.4. The first-order valence-corrected chi connectivity index (χ1v) is 7.57. The molecule has 0 atom stereocenters. The summed E-state index contributed by atoms with van der Waals surface area (Å²) in [7, 11) is -3.61. The van der Waals surface area contributed by atoms with E-state index >= 15 is 0 Å². The second-order valence-corrected chi connectivity index (χ2v) is 6.25. The molecule has 0 aliphatic heterocycles. The maximum Gasteiger partial charge on any atom is 0.262 e. The fourth-order valence-corrected chi connectivity index (χ4v) is 3.26. The number of aryl methyl sites for hydroxylation is 2. The number of nitrogens with one attached hydrogen (secondary N) is 1. The number of hydrogen-bond donors (Lipinski definition) is 1. The molecule has 0 saturated heterocycles. The molecule has 4 heteroatoms. The minimum atomic E-state index is -3.61. The van der Waals surface area contributed by atoms with E-state index in [0.29, 0.717) is 16.8 Å². The van der Waals surface area contributed by atoms with Gasteiger partial charge in [0.1, 0.15) is 0 Å². The Morgan fingerprint density at radius 2 is 1.85 bits per heavy atom. The van der Waals surface area contributed by atoms with Gasteiger partial charge in [0.25, 0.3) is 10.0 Å². The Morgan fingerprint density at radius 1 is 1.10 bits per heavy atom. The fourth-order valence-electron chi connectivity index (χ4n) is 1.88. The summed E-state index contributed by atoms with van der Waals surface area (Å²) in [5.74, 6) is 2.48. The fraction of sp³-hybridized carbons (Fsp3) is 0.125. The SMILES string of the molecule is C#Cc1cccc(NS(=O)(=O)c2cc(C)ccc2C)c1. The molecule has 0 aliphatic carbocycles. The average molecular weight is 285 g/mol. The summed E-state index contributed by atoms with van der Waals surface area (Å²) in [4.78, 5) is 0.281. The summed E-state index contributed by atoms with van der Waals surface area (Å²) in [6.07, 6.45) is 5.31. The Balaban J connectivity index is 2.41. The molecular formula is C16H15NO2S. The van der Waals surface area contributed by atoms with E-state index in [1.165, 1.54) is 0 Å². The Kier molecular flexibility index (Phi) is 3.82. The van der Waals surface area contributed by atoms with Crippen LogP contribution in [-0.2, 0) is 10.0 Å². The van der Waals surface area contributed by atoms with Crippen molar-refractivity contribution in [3.05, 3.63) is 59.2 Å². The normalized spacial score (nSPS) is 10.8. The molecule has 102 valence electrons. The maximum atomic E-state index is 12.4. The molecule has 3 nitrogen and oxygen atoms in total. The lowest BCUT2D eigenvalue weighted by Gasteiger charge is -2.11. The number of benzene rings is 2. The van der Waals surface area contributed by atoms with Crippen molar-refractivity contribution in [3.8, 4) is 12.3 Å². The molecule has 0 saturated carbocycles. The summed E-state index contributed by atoms with van der Waals surface area (Å²) in [5, 5.41) is 0. The highest BCUT2D eigenvalue weighted by atomic mass is 32.2. The highest BCUT2D eigenvalue weighted by molar-refractivity contribution is 7.92. The molecule has 0 fully saturated rings. The van der Waals surface area contributed by atoms with Crippen LogP contribution in [0.2, 0.25) is 0 Å². The standard InChI is InChI=1S/C16H15NO2S/c1-4-14-6-5-7-15(11-14)17-20(18,19)16-10-12(2)8-9-13(16)3/h1,5-11,17H,2-3H3. The van der Waals surface area contributed by atoms with Crippen molar-refractivity contribution in [2.24, 2.45) is 0 Å². The second-order valence-electron chi connectivity index (χ2n) is 4.60. The zero-order chi connectivity index (χ0) is 14.8. The highest BCUT2D eigenvalue weighted by Crippen LogP contribution is 2.21. The summed E-state index contributed by atoms with van der Waals surface area (Å²) in [6, 6.07) is 12.1. The summed E-state index contributed by atoms with van der Waals surface area (Å²) in [6.45, 7) is 3.63. The Labute approximate surface area is 119 Å². The molecular weight excluding hydrogens is 270 g/mol. The lowest BCUT2D eigenvalue weighted by molar-refractivity contribution is 0.600. The number of terminal acetylenes is 1. The van der Waals surface area contributed by atoms with E-state index in [2.05, 4.69) is 10.6 Å². The Bertz CT molecular complexity index is 786. The topological polar surface area (TPSA) is 46.2 Å². The first-order valence-electron chi connectivity index (χ1n) is 6.09. The number of sulfonamides is 1. The van der Waals surface area contributed by atoms with Crippen LogP contribution >= 0.6 is 0 Å². The first kappa shape index (κ1) is 14.2. The van der Waals surface area contributed by atoms with Gasteiger partial charge in [0, 0.05) is 5.56 Å². The van der Waals surface area contributed by atoms with Gasteiger partial charge in [-0.1, -0.05) is 24.1 Å². The van der Waals surface area contributed by atoms with Crippen molar-refractivity contribution in [3.63, 3.8) is 0 Å². The quantitative estimate of drug-likeness (QED) is 0.881. The molecule has 1 N–H and O–H groups in total. The minimum Gasteiger partial charge on any atom is -0.280 e. The van der Waals surface area contributed by atoms with Crippen LogP contribution in [0.4, 0.5) is 5.69 Å². The predicted molar refractivity (Wildman–Crippen MR) is 81.1 cm³/mol. The molecule has 0 radical (unpaired) electrons. The molecule has 20 heavy (non-hydrogen) atoms. The van der Waals surface area contributed by atoms with E-state index < -0.39 is 10.0 Å². The Morgan fingerprint density at radius 3 is 2.55 bits per heavy atom. The molecule has 0 spiro atoms. The number of rotatable bonds is 3. The van der Waals surface area contributed by atoms with Crippen molar-refractivity contribution in [2.75, 3.05) is 4.72 Å². The number of hydrogen-bond acceptors (Lipinski definition) is 2. The molecule has 2 aromatic rings. The van der Waals surface area contributed by atoms with Crippen molar-refractivity contribution in [2.45, 2.75) is 18.7 Å². The molecule has 0 aliphatic rings. The molecule has 0 bridgehead atoms. The third-order valence-electron chi connectivity index (χ3n) is 2.91. The zero-order valence-electron chi connectivity index (χ0n) is 11.3. The second kappa shape index (κ2) is 5.40. The van der Waals surface area contributed by atoms with E-state index in [-0.39, 0.29) is 4.90 Å². The third kappa shape index (κ3) is 3.01. The largest absolute Gasteiger partial charge is 0.280 e. The summed E-state index contributed by atoms with van der Waals surface area (Å²) in [5.41, 5.74) is 2.69. The van der Waals surface area contributed by atoms with E-state index in [1.54, 1.807) is 43.3 Å². The molecule has 2 aromatic carbocycles. The van der Waals surface area contributed by atoms with Gasteiger partial charge in [-0.2, -0.15) is 0 Å². The van der Waals surface area contributed by atoms with Crippen LogP contribution < -0.4 is 4.72 Å². The summed E-state index contributed by atoms with van der Waals surface area (Å²) < 4.78 is 27.4. The lowest BCUT2D eigenvalue weighted by Crippen LogP contribution is -2.14. The molecule has 0 aromatic heterocycles. The van der Waals surface area contributed by atoms with Gasteiger partial charge in [0.15, 0.2) is 0 Å². The van der Waals surface area contributed by atoms with Crippen LogP contribution in [0.1, 0.15) is 16.7 Å². The summed E-state index contributed by atoms with van der Waals surface area (Å²) >= 11 is 0. The van der Waals surface area contributed by atoms with Gasteiger partial charge in [0.05, 0.1) is 10.6 Å². The van der Waals surface area contributed by atoms with Crippen molar-refractivity contribution in [1.82, 2.24) is 0 Å². The van der Waals surface area contributed by atoms with Crippen LogP contribution in [0.5, 0.6) is 0 Å². The first-order chi connectivity index (χ1) is 9.42. The van der Waals surface area contributed by atoms with Crippen LogP contribution in [-0.4, -0.2) is 8.42 Å². The molecule has 2 rings (SSSR count). The van der Waals surface area contributed by atoms with Crippen molar-refractivity contribution in [1.29, 1.82) is 0 Å². The third-order valence-corrected chi connectivity index (χ3v) is 4.44. The van der Waals surface area contributed by atoms with Crippen LogP contribution in [0.15, 0.2) is 47.4 Å². The van der Waals surface area contributed by atoms with Crippen LogP contribution in [0.3, 0.4) is 0 Å². The van der Waals surface area contributed by atoms with E-state index in [9.17, 15) is 8.42 Å². The predicted octanol–water partition coefficient (Wildman–Crippen LogP) is 3.09. The van der Waals surface area contributed by atoms with Gasteiger partial charge in [-0.3, -0.25) is 4.72 Å². The van der Waals surface area contributed by atoms with Gasteiger partial charge >= 0.3 is 0 Å². The minimum absolute atomic E-state index is 0.281. The molecule has 0 heterocycles.